The lowest BCUT2D eigenvalue weighted by atomic mass is 9.98. The summed E-state index contributed by atoms with van der Waals surface area (Å²) in [6.07, 6.45) is 1.10. The highest BCUT2D eigenvalue weighted by atomic mass is 35.5. The summed E-state index contributed by atoms with van der Waals surface area (Å²) < 4.78 is 4.96. The summed E-state index contributed by atoms with van der Waals surface area (Å²) in [5.41, 5.74) is 5.63. The molecule has 136 valence electrons. The Kier molecular flexibility index (Phi) is 7.06. The number of piperidine rings is 1. The first-order valence-corrected chi connectivity index (χ1v) is 8.62. The largest absolute Gasteiger partial charge is 0.450 e. The smallest absolute Gasteiger partial charge is 0.409 e. The van der Waals surface area contributed by atoms with Crippen LogP contribution in [0.3, 0.4) is 0 Å². The number of hydrogen-bond donors (Lipinski definition) is 2. The van der Waals surface area contributed by atoms with E-state index in [9.17, 15) is 14.4 Å². The van der Waals surface area contributed by atoms with E-state index in [1.165, 1.54) is 4.90 Å². The summed E-state index contributed by atoms with van der Waals surface area (Å²) in [6, 6.07) is 6.91. The Bertz CT molecular complexity index is 621. The zero-order valence-corrected chi connectivity index (χ0v) is 14.8. The average Bonchev–Trinajstić information content (AvgIpc) is 2.62. The number of likely N-dealkylation sites (tertiary alicyclic amines) is 1. The number of hydrogen-bond acceptors (Lipinski definition) is 4. The van der Waals surface area contributed by atoms with Gasteiger partial charge in [0.05, 0.1) is 18.9 Å². The van der Waals surface area contributed by atoms with Crippen molar-refractivity contribution in [2.24, 2.45) is 5.92 Å². The van der Waals surface area contributed by atoms with Gasteiger partial charge in [-0.25, -0.2) is 4.79 Å². The van der Waals surface area contributed by atoms with Crippen LogP contribution < -0.4 is 10.9 Å². The minimum atomic E-state index is -0.410. The number of hydrazine groups is 1. The normalized spacial score (nSPS) is 16.9. The van der Waals surface area contributed by atoms with Gasteiger partial charge in [0.25, 0.3) is 0 Å². The highest BCUT2D eigenvalue weighted by molar-refractivity contribution is 6.30. The Morgan fingerprint density at radius 3 is 2.64 bits per heavy atom. The fourth-order valence-corrected chi connectivity index (χ4v) is 2.76. The molecular formula is C17H22ClN3O4. The van der Waals surface area contributed by atoms with Crippen LogP contribution in [0.1, 0.15) is 25.3 Å². The van der Waals surface area contributed by atoms with E-state index in [0.29, 0.717) is 24.6 Å². The molecule has 1 heterocycles. The number of benzene rings is 1. The van der Waals surface area contributed by atoms with Crippen LogP contribution in [0.15, 0.2) is 24.3 Å². The Labute approximate surface area is 151 Å². The van der Waals surface area contributed by atoms with Crippen LogP contribution in [0.25, 0.3) is 0 Å². The summed E-state index contributed by atoms with van der Waals surface area (Å²) in [6.45, 7) is 2.90. The molecule has 8 heteroatoms. The van der Waals surface area contributed by atoms with Gasteiger partial charge in [-0.15, -0.1) is 0 Å². The van der Waals surface area contributed by atoms with Crippen LogP contribution in [-0.2, 0) is 20.7 Å². The number of halogens is 1. The maximum Gasteiger partial charge on any atom is 0.409 e. The van der Waals surface area contributed by atoms with Crippen molar-refractivity contribution in [1.82, 2.24) is 15.8 Å². The van der Waals surface area contributed by atoms with Crippen LogP contribution in [0.2, 0.25) is 5.02 Å². The molecule has 0 radical (unpaired) electrons. The highest BCUT2D eigenvalue weighted by Crippen LogP contribution is 2.17. The molecule has 0 bridgehead atoms. The van der Waals surface area contributed by atoms with Crippen molar-refractivity contribution in [2.75, 3.05) is 19.7 Å². The molecule has 1 aromatic rings. The van der Waals surface area contributed by atoms with Gasteiger partial charge in [-0.1, -0.05) is 23.7 Å². The molecule has 2 rings (SSSR count). The summed E-state index contributed by atoms with van der Waals surface area (Å²) >= 11 is 5.80. The van der Waals surface area contributed by atoms with Crippen molar-refractivity contribution in [1.29, 1.82) is 0 Å². The maximum atomic E-state index is 12.2. The van der Waals surface area contributed by atoms with Gasteiger partial charge in [0.15, 0.2) is 0 Å². The molecule has 7 nitrogen and oxygen atoms in total. The predicted octanol–water partition coefficient (Wildman–Crippen LogP) is 1.90. The number of amides is 3. The topological polar surface area (TPSA) is 87.7 Å². The maximum absolute atomic E-state index is 12.2. The van der Waals surface area contributed by atoms with E-state index >= 15 is 0 Å². The first-order chi connectivity index (χ1) is 12.0. The van der Waals surface area contributed by atoms with Crippen molar-refractivity contribution in [3.63, 3.8) is 0 Å². The number of nitrogens with one attached hydrogen (secondary N) is 2. The molecule has 1 fully saturated rings. The van der Waals surface area contributed by atoms with Crippen LogP contribution in [0.5, 0.6) is 0 Å². The SMILES string of the molecule is CCOC(=O)N1CCC[C@H](C(=O)NNC(=O)Cc2ccc(Cl)cc2)C1. The number of nitrogens with zero attached hydrogens (tertiary/aromatic N) is 1. The minimum absolute atomic E-state index is 0.136. The third-order valence-corrected chi connectivity index (χ3v) is 4.17. The monoisotopic (exact) mass is 367 g/mol. The van der Waals surface area contributed by atoms with E-state index in [2.05, 4.69) is 10.9 Å². The Morgan fingerprint density at radius 1 is 1.24 bits per heavy atom. The Hall–Kier alpha value is -2.28. The molecule has 0 aliphatic carbocycles. The Balaban J connectivity index is 1.78. The lowest BCUT2D eigenvalue weighted by Crippen LogP contribution is -2.50. The number of ether oxygens (including phenoxy) is 1. The van der Waals surface area contributed by atoms with Gasteiger partial charge >= 0.3 is 6.09 Å². The summed E-state index contributed by atoms with van der Waals surface area (Å²) in [7, 11) is 0. The number of rotatable bonds is 4. The first-order valence-electron chi connectivity index (χ1n) is 8.24. The summed E-state index contributed by atoms with van der Waals surface area (Å²) in [4.78, 5) is 37.4. The second kappa shape index (κ2) is 9.27. The molecule has 0 unspecified atom stereocenters. The van der Waals surface area contributed by atoms with E-state index < -0.39 is 6.09 Å². The van der Waals surface area contributed by atoms with E-state index in [0.717, 1.165) is 12.0 Å². The minimum Gasteiger partial charge on any atom is -0.450 e. The van der Waals surface area contributed by atoms with Gasteiger partial charge in [0.2, 0.25) is 11.8 Å². The summed E-state index contributed by atoms with van der Waals surface area (Å²) in [5, 5.41) is 0.598. The highest BCUT2D eigenvalue weighted by Gasteiger charge is 2.29. The molecule has 0 aromatic heterocycles. The van der Waals surface area contributed by atoms with Gasteiger partial charge in [0, 0.05) is 18.1 Å². The van der Waals surface area contributed by atoms with E-state index in [4.69, 9.17) is 16.3 Å². The van der Waals surface area contributed by atoms with Crippen molar-refractivity contribution in [2.45, 2.75) is 26.2 Å². The lowest BCUT2D eigenvalue weighted by molar-refractivity contribution is -0.132. The predicted molar refractivity (Wildman–Crippen MR) is 92.8 cm³/mol. The second-order valence-corrected chi connectivity index (χ2v) is 6.26. The number of carbonyl (C=O) groups excluding carboxylic acids is 3. The molecule has 1 atom stereocenters. The molecule has 1 saturated heterocycles. The molecule has 2 N–H and O–H groups in total. The van der Waals surface area contributed by atoms with E-state index in [1.54, 1.807) is 31.2 Å². The second-order valence-electron chi connectivity index (χ2n) is 5.82. The van der Waals surface area contributed by atoms with Gasteiger partial charge in [0.1, 0.15) is 0 Å². The standard InChI is InChI=1S/C17H22ClN3O4/c1-2-25-17(24)21-9-3-4-13(11-21)16(23)20-19-15(22)10-12-5-7-14(18)8-6-12/h5-8,13H,2-4,9-11H2,1H3,(H,19,22)(H,20,23)/t13-/m0/s1. The van der Waals surface area contributed by atoms with Crippen molar-refractivity contribution in [3.05, 3.63) is 34.9 Å². The van der Waals surface area contributed by atoms with Crippen LogP contribution in [0, 0.1) is 5.92 Å². The fraction of sp³-hybridized carbons (Fsp3) is 0.471. The van der Waals surface area contributed by atoms with Gasteiger partial charge < -0.3 is 9.64 Å². The van der Waals surface area contributed by atoms with E-state index in [-0.39, 0.29) is 30.7 Å². The van der Waals surface area contributed by atoms with Gasteiger partial charge in [-0.05, 0) is 37.5 Å². The average molecular weight is 368 g/mol. The third kappa shape index (κ3) is 5.94. The fourth-order valence-electron chi connectivity index (χ4n) is 2.64. The molecule has 1 aliphatic heterocycles. The zero-order valence-electron chi connectivity index (χ0n) is 14.1. The van der Waals surface area contributed by atoms with Crippen molar-refractivity contribution < 1.29 is 19.1 Å². The quantitative estimate of drug-likeness (QED) is 0.795. The zero-order chi connectivity index (χ0) is 18.2. The van der Waals surface area contributed by atoms with Gasteiger partial charge in [-0.3, -0.25) is 20.4 Å². The first kappa shape index (κ1) is 19.1. The third-order valence-electron chi connectivity index (χ3n) is 3.92. The molecule has 0 saturated carbocycles. The number of carbonyl (C=O) groups is 3. The Morgan fingerprint density at radius 2 is 1.96 bits per heavy atom. The van der Waals surface area contributed by atoms with Gasteiger partial charge in [-0.2, -0.15) is 0 Å². The van der Waals surface area contributed by atoms with Crippen LogP contribution in [0.4, 0.5) is 4.79 Å². The molecule has 25 heavy (non-hydrogen) atoms. The lowest BCUT2D eigenvalue weighted by Gasteiger charge is -2.31. The molecule has 3 amide bonds. The molecule has 1 aliphatic rings. The molecular weight excluding hydrogens is 346 g/mol. The van der Waals surface area contributed by atoms with Crippen LogP contribution >= 0.6 is 11.6 Å². The van der Waals surface area contributed by atoms with Crippen molar-refractivity contribution in [3.8, 4) is 0 Å². The van der Waals surface area contributed by atoms with E-state index in [1.807, 2.05) is 0 Å². The van der Waals surface area contributed by atoms with Crippen LogP contribution in [-0.4, -0.2) is 42.5 Å². The molecule has 1 aromatic carbocycles. The summed E-state index contributed by atoms with van der Waals surface area (Å²) in [5.74, 6) is -0.999. The van der Waals surface area contributed by atoms with Crippen molar-refractivity contribution >= 4 is 29.5 Å². The molecule has 0 spiro atoms.